The highest BCUT2D eigenvalue weighted by Gasteiger charge is 2.34. The first kappa shape index (κ1) is 31.4. The van der Waals surface area contributed by atoms with Crippen molar-refractivity contribution in [3.63, 3.8) is 0 Å². The lowest BCUT2D eigenvalue weighted by molar-refractivity contribution is 1.27. The molecule has 10 aromatic rings. The Morgan fingerprint density at radius 2 is 0.782 bits per heavy atom. The van der Waals surface area contributed by atoms with Crippen LogP contribution in [0.4, 0.5) is 34.1 Å². The zero-order valence-electron chi connectivity index (χ0n) is 30.2. The van der Waals surface area contributed by atoms with Crippen molar-refractivity contribution in [3.05, 3.63) is 212 Å². The molecule has 0 spiro atoms. The molecule has 0 saturated heterocycles. The van der Waals surface area contributed by atoms with Crippen molar-refractivity contribution in [1.29, 1.82) is 0 Å². The van der Waals surface area contributed by atoms with E-state index < -0.39 is 0 Å². The van der Waals surface area contributed by atoms with E-state index in [4.69, 9.17) is 0 Å². The number of hydrogen-bond acceptors (Lipinski definition) is 2. The van der Waals surface area contributed by atoms with Crippen molar-refractivity contribution in [2.75, 3.05) is 9.80 Å². The first-order valence-corrected chi connectivity index (χ1v) is 19.1. The summed E-state index contributed by atoms with van der Waals surface area (Å²) in [6.45, 7) is 0.128. The SMILES string of the molecule is c1ccc(B2c3ccccc3-c3cc4c(N(c5ccccc5)c5ccccc5)cc(N(c5ccccc5)c5ccccc5)c5ccc6ccc2c3c6c54)cc1. The molecule has 10 aromatic carbocycles. The number of benzene rings is 10. The Hall–Kier alpha value is -7.10. The Labute approximate surface area is 321 Å². The van der Waals surface area contributed by atoms with Gasteiger partial charge in [0.1, 0.15) is 0 Å². The third-order valence-electron chi connectivity index (χ3n) is 11.4. The minimum absolute atomic E-state index is 0.128. The summed E-state index contributed by atoms with van der Waals surface area (Å²) in [5, 5.41) is 7.66. The van der Waals surface area contributed by atoms with E-state index in [9.17, 15) is 0 Å². The van der Waals surface area contributed by atoms with Gasteiger partial charge in [0.25, 0.3) is 0 Å². The van der Waals surface area contributed by atoms with Crippen molar-refractivity contribution in [2.24, 2.45) is 0 Å². The van der Waals surface area contributed by atoms with Gasteiger partial charge in [-0.1, -0.05) is 168 Å². The van der Waals surface area contributed by atoms with Crippen molar-refractivity contribution in [2.45, 2.75) is 0 Å². The van der Waals surface area contributed by atoms with Crippen LogP contribution in [0.2, 0.25) is 0 Å². The van der Waals surface area contributed by atoms with Crippen molar-refractivity contribution >= 4 is 89.5 Å². The van der Waals surface area contributed by atoms with Gasteiger partial charge in [-0.15, -0.1) is 0 Å². The molecule has 1 aliphatic rings. The van der Waals surface area contributed by atoms with E-state index in [1.807, 2.05) is 0 Å². The molecule has 0 atom stereocenters. The van der Waals surface area contributed by atoms with Crippen LogP contribution in [0.15, 0.2) is 212 Å². The van der Waals surface area contributed by atoms with Crippen molar-refractivity contribution in [1.82, 2.24) is 0 Å². The van der Waals surface area contributed by atoms with Gasteiger partial charge in [0.2, 0.25) is 6.71 Å². The molecule has 256 valence electrons. The molecule has 0 fully saturated rings. The third-order valence-corrected chi connectivity index (χ3v) is 11.4. The van der Waals surface area contributed by atoms with E-state index >= 15 is 0 Å². The second kappa shape index (κ2) is 12.8. The van der Waals surface area contributed by atoms with Crippen LogP contribution in [0.3, 0.4) is 0 Å². The molecule has 1 aliphatic heterocycles. The number of fused-ring (bicyclic) bond motifs is 2. The highest BCUT2D eigenvalue weighted by Crippen LogP contribution is 2.51. The molecule has 2 nitrogen and oxygen atoms in total. The van der Waals surface area contributed by atoms with E-state index in [2.05, 4.69) is 222 Å². The number of hydrogen-bond donors (Lipinski definition) is 0. The average molecular weight is 699 g/mol. The van der Waals surface area contributed by atoms with Gasteiger partial charge in [0.05, 0.1) is 11.4 Å². The van der Waals surface area contributed by atoms with Crippen LogP contribution in [0, 0.1) is 0 Å². The fraction of sp³-hybridized carbons (Fsp3) is 0. The first-order chi connectivity index (χ1) is 27.3. The second-order valence-electron chi connectivity index (χ2n) is 14.4. The number of para-hydroxylation sites is 4. The van der Waals surface area contributed by atoms with Crippen LogP contribution < -0.4 is 26.2 Å². The highest BCUT2D eigenvalue weighted by atomic mass is 15.2. The predicted molar refractivity (Wildman–Crippen MR) is 236 cm³/mol. The van der Waals surface area contributed by atoms with Gasteiger partial charge in [-0.3, -0.25) is 0 Å². The summed E-state index contributed by atoms with van der Waals surface area (Å²) in [6.07, 6.45) is 0. The molecule has 0 radical (unpaired) electrons. The zero-order chi connectivity index (χ0) is 36.3. The number of nitrogens with zero attached hydrogens (tertiary/aromatic N) is 2. The van der Waals surface area contributed by atoms with Crippen LogP contribution in [0.1, 0.15) is 0 Å². The maximum absolute atomic E-state index is 2.50. The molecular formula is C52H35BN2. The van der Waals surface area contributed by atoms with Crippen molar-refractivity contribution < 1.29 is 0 Å². The van der Waals surface area contributed by atoms with E-state index in [0.717, 1.165) is 34.1 Å². The molecule has 3 heteroatoms. The van der Waals surface area contributed by atoms with Crippen LogP contribution >= 0.6 is 0 Å². The summed E-state index contributed by atoms with van der Waals surface area (Å²) in [7, 11) is 0. The Bertz CT molecular complexity index is 2890. The summed E-state index contributed by atoms with van der Waals surface area (Å²) < 4.78 is 0. The smallest absolute Gasteiger partial charge is 0.242 e. The zero-order valence-corrected chi connectivity index (χ0v) is 30.2. The van der Waals surface area contributed by atoms with Gasteiger partial charge in [0, 0.05) is 38.9 Å². The molecule has 0 bridgehead atoms. The molecule has 0 aliphatic carbocycles. The molecular weight excluding hydrogens is 663 g/mol. The molecule has 0 amide bonds. The minimum atomic E-state index is 0.128. The highest BCUT2D eigenvalue weighted by molar-refractivity contribution is 6.98. The van der Waals surface area contributed by atoms with E-state index in [0.29, 0.717) is 0 Å². The average Bonchev–Trinajstić information content (AvgIpc) is 3.26. The van der Waals surface area contributed by atoms with Crippen LogP contribution in [0.5, 0.6) is 0 Å². The monoisotopic (exact) mass is 698 g/mol. The Balaban J connectivity index is 1.33. The molecule has 0 N–H and O–H groups in total. The second-order valence-corrected chi connectivity index (χ2v) is 14.4. The van der Waals surface area contributed by atoms with Gasteiger partial charge in [-0.25, -0.2) is 0 Å². The fourth-order valence-corrected chi connectivity index (χ4v) is 9.15. The molecule has 0 aromatic heterocycles. The quantitative estimate of drug-likeness (QED) is 0.121. The molecule has 11 rings (SSSR count). The summed E-state index contributed by atoms with van der Waals surface area (Å²) in [4.78, 5) is 4.87. The lowest BCUT2D eigenvalue weighted by atomic mass is 9.33. The topological polar surface area (TPSA) is 6.48 Å². The van der Waals surface area contributed by atoms with Gasteiger partial charge in [-0.2, -0.15) is 0 Å². The standard InChI is InChI=1S/C52H35BN2/c1-6-18-37(19-7-1)53-46-29-17-16-28-42(46)44-34-45-49(55(40-24-12-4-13-25-40)41-26-14-5-15-27-41)35-48(43-32-30-36-31-33-47(53)52(44)50(36)51(43)45)54(38-20-8-2-9-21-38)39-22-10-3-11-23-39/h1-35H. The number of anilines is 6. The number of rotatable bonds is 7. The third kappa shape index (κ3) is 4.97. The first-order valence-electron chi connectivity index (χ1n) is 19.1. The molecule has 0 unspecified atom stereocenters. The molecule has 55 heavy (non-hydrogen) atoms. The largest absolute Gasteiger partial charge is 0.310 e. The molecule has 0 saturated carbocycles. The molecule has 1 heterocycles. The van der Waals surface area contributed by atoms with Gasteiger partial charge in [-0.05, 0) is 87.9 Å². The Morgan fingerprint density at radius 1 is 0.309 bits per heavy atom. The summed E-state index contributed by atoms with van der Waals surface area (Å²) in [6, 6.07) is 77.7. The van der Waals surface area contributed by atoms with Crippen LogP contribution in [-0.4, -0.2) is 6.71 Å². The minimum Gasteiger partial charge on any atom is -0.310 e. The van der Waals surface area contributed by atoms with E-state index in [1.54, 1.807) is 0 Å². The maximum Gasteiger partial charge on any atom is 0.242 e. The summed E-state index contributed by atoms with van der Waals surface area (Å²) >= 11 is 0. The normalized spacial score (nSPS) is 12.0. The summed E-state index contributed by atoms with van der Waals surface area (Å²) in [5.74, 6) is 0. The van der Waals surface area contributed by atoms with Crippen LogP contribution in [-0.2, 0) is 0 Å². The van der Waals surface area contributed by atoms with E-state index in [-0.39, 0.29) is 6.71 Å². The van der Waals surface area contributed by atoms with E-state index in [1.165, 1.54) is 59.8 Å². The van der Waals surface area contributed by atoms with Crippen LogP contribution in [0.25, 0.3) is 43.4 Å². The lowest BCUT2D eigenvalue weighted by Crippen LogP contribution is -2.54. The van der Waals surface area contributed by atoms with Gasteiger partial charge in [0.15, 0.2) is 0 Å². The van der Waals surface area contributed by atoms with Gasteiger partial charge < -0.3 is 9.80 Å². The lowest BCUT2D eigenvalue weighted by Gasteiger charge is -2.34. The fourth-order valence-electron chi connectivity index (χ4n) is 9.15. The van der Waals surface area contributed by atoms with Crippen molar-refractivity contribution in [3.8, 4) is 11.1 Å². The maximum atomic E-state index is 2.50. The Kier molecular flexibility index (Phi) is 7.31. The predicted octanol–water partition coefficient (Wildman–Crippen LogP) is 12.0. The Morgan fingerprint density at radius 3 is 1.35 bits per heavy atom. The summed E-state index contributed by atoms with van der Waals surface area (Å²) in [5.41, 5.74) is 13.3. The van der Waals surface area contributed by atoms with Gasteiger partial charge >= 0.3 is 0 Å².